The van der Waals surface area contributed by atoms with Gasteiger partial charge in [-0.2, -0.15) is 0 Å². The van der Waals surface area contributed by atoms with Crippen LogP contribution in [0.3, 0.4) is 0 Å². The second-order valence-electron chi connectivity index (χ2n) is 6.44. The highest BCUT2D eigenvalue weighted by atomic mass is 16.1. The van der Waals surface area contributed by atoms with E-state index in [1.807, 2.05) is 0 Å². The predicted molar refractivity (Wildman–Crippen MR) is 80.5 cm³/mol. The number of likely N-dealkylation sites (N-methyl/N-ethyl adjacent to an activating group) is 1. The van der Waals surface area contributed by atoms with Crippen molar-refractivity contribution in [2.45, 2.75) is 26.7 Å². The molecule has 0 amide bonds. The van der Waals surface area contributed by atoms with Crippen molar-refractivity contribution in [3.05, 3.63) is 0 Å². The number of hydrogen-bond donors (Lipinski definition) is 0. The van der Waals surface area contributed by atoms with E-state index in [1.165, 1.54) is 0 Å². The van der Waals surface area contributed by atoms with Gasteiger partial charge in [0.1, 0.15) is 6.29 Å². The smallest absolute Gasteiger partial charge is 0.127 e. The molecule has 0 aromatic heterocycles. The SMILES string of the molecule is CCCC(C)(C=O)CN1CCN(CCN(C)C)CC1. The van der Waals surface area contributed by atoms with E-state index >= 15 is 0 Å². The van der Waals surface area contributed by atoms with Crippen molar-refractivity contribution in [1.82, 2.24) is 14.7 Å². The van der Waals surface area contributed by atoms with Crippen LogP contribution in [0.25, 0.3) is 0 Å². The van der Waals surface area contributed by atoms with Crippen LogP contribution < -0.4 is 0 Å². The molecular weight excluding hydrogens is 238 g/mol. The van der Waals surface area contributed by atoms with Crippen LogP contribution in [0.1, 0.15) is 26.7 Å². The molecule has 0 aromatic rings. The summed E-state index contributed by atoms with van der Waals surface area (Å²) < 4.78 is 0. The highest BCUT2D eigenvalue weighted by Crippen LogP contribution is 2.22. The van der Waals surface area contributed by atoms with Gasteiger partial charge in [-0.1, -0.05) is 20.3 Å². The molecule has 1 aliphatic heterocycles. The topological polar surface area (TPSA) is 26.8 Å². The first kappa shape index (κ1) is 16.6. The van der Waals surface area contributed by atoms with E-state index in [1.54, 1.807) is 0 Å². The highest BCUT2D eigenvalue weighted by Gasteiger charge is 2.27. The first-order chi connectivity index (χ1) is 8.99. The fraction of sp³-hybridized carbons (Fsp3) is 0.933. The van der Waals surface area contributed by atoms with Gasteiger partial charge in [0.25, 0.3) is 0 Å². The maximum atomic E-state index is 11.3. The third-order valence-corrected chi connectivity index (χ3v) is 4.02. The van der Waals surface area contributed by atoms with Gasteiger partial charge < -0.3 is 9.69 Å². The van der Waals surface area contributed by atoms with E-state index in [2.05, 4.69) is 42.6 Å². The van der Waals surface area contributed by atoms with Crippen LogP contribution in [0.5, 0.6) is 0 Å². The van der Waals surface area contributed by atoms with E-state index in [9.17, 15) is 4.79 Å². The Labute approximate surface area is 118 Å². The van der Waals surface area contributed by atoms with E-state index in [-0.39, 0.29) is 5.41 Å². The van der Waals surface area contributed by atoms with E-state index in [0.29, 0.717) is 0 Å². The monoisotopic (exact) mass is 269 g/mol. The highest BCUT2D eigenvalue weighted by molar-refractivity contribution is 5.59. The second-order valence-corrected chi connectivity index (χ2v) is 6.44. The Morgan fingerprint density at radius 2 is 1.74 bits per heavy atom. The Kier molecular flexibility index (Phi) is 6.97. The summed E-state index contributed by atoms with van der Waals surface area (Å²) in [6.45, 7) is 11.9. The largest absolute Gasteiger partial charge is 0.308 e. The van der Waals surface area contributed by atoms with Crippen LogP contribution in [-0.4, -0.2) is 80.9 Å². The van der Waals surface area contributed by atoms with Crippen molar-refractivity contribution in [1.29, 1.82) is 0 Å². The van der Waals surface area contributed by atoms with E-state index in [0.717, 1.165) is 64.9 Å². The first-order valence-corrected chi connectivity index (χ1v) is 7.55. The molecule has 0 bridgehead atoms. The molecular formula is C15H31N3O. The zero-order valence-electron chi connectivity index (χ0n) is 13.2. The molecule has 1 heterocycles. The van der Waals surface area contributed by atoms with Gasteiger partial charge in [-0.3, -0.25) is 9.80 Å². The molecule has 0 radical (unpaired) electrons. The van der Waals surface area contributed by atoms with Crippen LogP contribution >= 0.6 is 0 Å². The summed E-state index contributed by atoms with van der Waals surface area (Å²) >= 11 is 0. The number of rotatable bonds is 8. The lowest BCUT2D eigenvalue weighted by Crippen LogP contribution is -2.50. The second kappa shape index (κ2) is 7.98. The standard InChI is InChI=1S/C15H31N3O/c1-5-6-15(2,14-19)13-18-11-9-17(10-12-18)8-7-16(3)4/h14H,5-13H2,1-4H3. The lowest BCUT2D eigenvalue weighted by molar-refractivity contribution is -0.117. The molecule has 1 atom stereocenters. The Balaban J connectivity index is 2.31. The van der Waals surface area contributed by atoms with Gasteiger partial charge in [0.2, 0.25) is 0 Å². The molecule has 0 saturated carbocycles. The van der Waals surface area contributed by atoms with Gasteiger partial charge in [-0.05, 0) is 20.5 Å². The maximum Gasteiger partial charge on any atom is 0.127 e. The molecule has 1 rings (SSSR count). The van der Waals surface area contributed by atoms with Crippen LogP contribution in [0.15, 0.2) is 0 Å². The lowest BCUT2D eigenvalue weighted by atomic mass is 9.86. The van der Waals surface area contributed by atoms with Crippen molar-refractivity contribution in [2.24, 2.45) is 5.41 Å². The van der Waals surface area contributed by atoms with Crippen molar-refractivity contribution < 1.29 is 4.79 Å². The van der Waals surface area contributed by atoms with Crippen LogP contribution in [-0.2, 0) is 4.79 Å². The van der Waals surface area contributed by atoms with Gasteiger partial charge in [-0.15, -0.1) is 0 Å². The number of nitrogens with zero attached hydrogens (tertiary/aromatic N) is 3. The van der Waals surface area contributed by atoms with Crippen molar-refractivity contribution in [3.8, 4) is 0 Å². The molecule has 4 heteroatoms. The Morgan fingerprint density at radius 3 is 2.21 bits per heavy atom. The summed E-state index contributed by atoms with van der Waals surface area (Å²) in [7, 11) is 4.24. The minimum absolute atomic E-state index is 0.152. The summed E-state index contributed by atoms with van der Waals surface area (Å²) in [6, 6.07) is 0. The lowest BCUT2D eigenvalue weighted by Gasteiger charge is -2.38. The minimum Gasteiger partial charge on any atom is -0.308 e. The molecule has 1 unspecified atom stereocenters. The Morgan fingerprint density at radius 1 is 1.16 bits per heavy atom. The van der Waals surface area contributed by atoms with Crippen molar-refractivity contribution >= 4 is 6.29 Å². The summed E-state index contributed by atoms with van der Waals surface area (Å²) in [5.41, 5.74) is -0.152. The molecule has 0 aliphatic carbocycles. The van der Waals surface area contributed by atoms with Gasteiger partial charge >= 0.3 is 0 Å². The zero-order valence-corrected chi connectivity index (χ0v) is 13.2. The number of aldehydes is 1. The number of carbonyl (C=O) groups is 1. The minimum atomic E-state index is -0.152. The molecule has 0 spiro atoms. The summed E-state index contributed by atoms with van der Waals surface area (Å²) in [5, 5.41) is 0. The maximum absolute atomic E-state index is 11.3. The Hall–Kier alpha value is -0.450. The zero-order chi connectivity index (χ0) is 14.3. The molecule has 0 aromatic carbocycles. The van der Waals surface area contributed by atoms with Crippen LogP contribution in [0.2, 0.25) is 0 Å². The molecule has 0 N–H and O–H groups in total. The first-order valence-electron chi connectivity index (χ1n) is 7.55. The average Bonchev–Trinajstić information content (AvgIpc) is 2.38. The quantitative estimate of drug-likeness (QED) is 0.618. The van der Waals surface area contributed by atoms with Gasteiger partial charge in [0, 0.05) is 51.2 Å². The fourth-order valence-corrected chi connectivity index (χ4v) is 2.77. The summed E-state index contributed by atoms with van der Waals surface area (Å²) in [4.78, 5) is 18.5. The molecule has 1 aliphatic rings. The van der Waals surface area contributed by atoms with E-state index in [4.69, 9.17) is 0 Å². The molecule has 1 fully saturated rings. The molecule has 19 heavy (non-hydrogen) atoms. The van der Waals surface area contributed by atoms with Crippen LogP contribution in [0.4, 0.5) is 0 Å². The third kappa shape index (κ3) is 6.02. The van der Waals surface area contributed by atoms with Gasteiger partial charge in [-0.25, -0.2) is 0 Å². The molecule has 112 valence electrons. The van der Waals surface area contributed by atoms with Gasteiger partial charge in [0.15, 0.2) is 0 Å². The molecule has 1 saturated heterocycles. The third-order valence-electron chi connectivity index (χ3n) is 4.02. The predicted octanol–water partition coefficient (Wildman–Crippen LogP) is 1.17. The van der Waals surface area contributed by atoms with E-state index < -0.39 is 0 Å². The van der Waals surface area contributed by atoms with Crippen molar-refractivity contribution in [2.75, 3.05) is 59.9 Å². The Bertz CT molecular complexity index is 262. The number of hydrogen-bond acceptors (Lipinski definition) is 4. The molecule has 4 nitrogen and oxygen atoms in total. The summed E-state index contributed by atoms with van der Waals surface area (Å²) in [5.74, 6) is 0. The summed E-state index contributed by atoms with van der Waals surface area (Å²) in [6.07, 6.45) is 3.24. The fourth-order valence-electron chi connectivity index (χ4n) is 2.77. The normalized spacial score (nSPS) is 21.5. The number of carbonyl (C=O) groups excluding carboxylic acids is 1. The number of piperazine rings is 1. The van der Waals surface area contributed by atoms with Crippen LogP contribution in [0, 0.1) is 5.41 Å². The van der Waals surface area contributed by atoms with Gasteiger partial charge in [0.05, 0.1) is 0 Å². The average molecular weight is 269 g/mol. The van der Waals surface area contributed by atoms with Crippen molar-refractivity contribution in [3.63, 3.8) is 0 Å².